The van der Waals surface area contributed by atoms with Crippen molar-refractivity contribution in [2.45, 2.75) is 30.1 Å². The number of nitrogen functional groups attached to an aromatic ring is 1. The first-order valence-corrected chi connectivity index (χ1v) is 8.80. The number of fused-ring (bicyclic) bond motifs is 3. The molecule has 0 aliphatic carbocycles. The van der Waals surface area contributed by atoms with E-state index in [1.807, 2.05) is 25.1 Å². The Morgan fingerprint density at radius 3 is 3.04 bits per heavy atom. The maximum Gasteiger partial charge on any atom is 0.231 e. The van der Waals surface area contributed by atoms with Crippen LogP contribution in [0.5, 0.6) is 5.75 Å². The number of hydrogen-bond acceptors (Lipinski definition) is 5. The fourth-order valence-corrected chi connectivity index (χ4v) is 4.94. The first-order valence-electron chi connectivity index (χ1n) is 7.92. The Morgan fingerprint density at radius 2 is 2.29 bits per heavy atom. The number of thioether (sulfide) groups is 1. The molecule has 4 N–H and O–H groups in total. The Labute approximate surface area is 144 Å². The van der Waals surface area contributed by atoms with Crippen molar-refractivity contribution in [1.82, 2.24) is 10.2 Å². The van der Waals surface area contributed by atoms with Crippen LogP contribution in [-0.4, -0.2) is 41.2 Å². The van der Waals surface area contributed by atoms with Gasteiger partial charge in [0.05, 0.1) is 17.2 Å². The molecule has 1 aromatic rings. The predicted octanol–water partition coefficient (Wildman–Crippen LogP) is 1.89. The van der Waals surface area contributed by atoms with E-state index in [2.05, 4.69) is 11.4 Å². The smallest absolute Gasteiger partial charge is 0.231 e. The summed E-state index contributed by atoms with van der Waals surface area (Å²) in [5, 5.41) is 11.5. The third kappa shape index (κ3) is 2.26. The van der Waals surface area contributed by atoms with E-state index in [0.717, 1.165) is 21.9 Å². The number of nitrogens with zero attached hydrogens (tertiary/aromatic N) is 1. The van der Waals surface area contributed by atoms with E-state index in [1.54, 1.807) is 18.8 Å². The number of amides is 1. The molecule has 3 heterocycles. The van der Waals surface area contributed by atoms with Crippen LogP contribution in [0.4, 0.5) is 5.69 Å². The fraction of sp³-hybridized carbons (Fsp3) is 0.412. The third-order valence-corrected chi connectivity index (χ3v) is 6.53. The summed E-state index contributed by atoms with van der Waals surface area (Å²) in [6, 6.07) is 5.75. The molecular formula is C17H20N4O2S. The lowest BCUT2D eigenvalue weighted by Gasteiger charge is -2.40. The molecule has 126 valence electrons. The molecule has 0 saturated carbocycles. The average molecular weight is 344 g/mol. The summed E-state index contributed by atoms with van der Waals surface area (Å²) < 4.78 is 5.87. The van der Waals surface area contributed by atoms with Crippen LogP contribution in [0.15, 0.2) is 29.2 Å². The Bertz CT molecular complexity index is 758. The van der Waals surface area contributed by atoms with Gasteiger partial charge in [0.15, 0.2) is 5.96 Å². The van der Waals surface area contributed by atoms with E-state index in [0.29, 0.717) is 13.0 Å². The SMILES string of the molecule is CN1C(=N)N[C@](C)(C2=CC3c4cc(N)ccc4OCC3S2)CC1=O. The van der Waals surface area contributed by atoms with Gasteiger partial charge in [0.2, 0.25) is 5.91 Å². The number of nitrogens with one attached hydrogen (secondary N) is 2. The average Bonchev–Trinajstić information content (AvgIpc) is 2.98. The van der Waals surface area contributed by atoms with Crippen molar-refractivity contribution in [3.8, 4) is 5.75 Å². The molecule has 7 heteroatoms. The molecule has 3 atom stereocenters. The van der Waals surface area contributed by atoms with Crippen LogP contribution in [0.1, 0.15) is 24.8 Å². The number of guanidine groups is 1. The summed E-state index contributed by atoms with van der Waals surface area (Å²) >= 11 is 1.74. The Hall–Kier alpha value is -2.15. The lowest BCUT2D eigenvalue weighted by atomic mass is 9.88. The van der Waals surface area contributed by atoms with Crippen LogP contribution in [0.25, 0.3) is 0 Å². The van der Waals surface area contributed by atoms with Crippen molar-refractivity contribution in [2.75, 3.05) is 19.4 Å². The second kappa shape index (κ2) is 5.17. The maximum absolute atomic E-state index is 12.2. The number of anilines is 1. The van der Waals surface area contributed by atoms with E-state index in [4.69, 9.17) is 15.9 Å². The van der Waals surface area contributed by atoms with Gasteiger partial charge < -0.3 is 15.8 Å². The molecule has 6 nitrogen and oxygen atoms in total. The highest BCUT2D eigenvalue weighted by molar-refractivity contribution is 8.04. The van der Waals surface area contributed by atoms with Gasteiger partial charge in [-0.1, -0.05) is 6.08 Å². The lowest BCUT2D eigenvalue weighted by Crippen LogP contribution is -2.60. The minimum absolute atomic E-state index is 0.0430. The highest BCUT2D eigenvalue weighted by atomic mass is 32.2. The monoisotopic (exact) mass is 344 g/mol. The topological polar surface area (TPSA) is 91.4 Å². The van der Waals surface area contributed by atoms with Crippen LogP contribution in [0, 0.1) is 5.41 Å². The maximum atomic E-state index is 12.2. The van der Waals surface area contributed by atoms with Crippen molar-refractivity contribution in [2.24, 2.45) is 0 Å². The van der Waals surface area contributed by atoms with Crippen molar-refractivity contribution >= 4 is 29.3 Å². The second-order valence-electron chi connectivity index (χ2n) is 6.76. The Kier molecular flexibility index (Phi) is 3.32. The quantitative estimate of drug-likeness (QED) is 0.677. The van der Waals surface area contributed by atoms with Gasteiger partial charge in [-0.05, 0) is 25.1 Å². The van der Waals surface area contributed by atoms with E-state index in [-0.39, 0.29) is 23.0 Å². The van der Waals surface area contributed by atoms with Crippen molar-refractivity contribution in [3.05, 3.63) is 34.7 Å². The van der Waals surface area contributed by atoms with Gasteiger partial charge >= 0.3 is 0 Å². The van der Waals surface area contributed by atoms with Gasteiger partial charge in [-0.15, -0.1) is 11.8 Å². The number of rotatable bonds is 1. The first-order chi connectivity index (χ1) is 11.4. The van der Waals surface area contributed by atoms with Gasteiger partial charge in [0.1, 0.15) is 12.4 Å². The van der Waals surface area contributed by atoms with Crippen LogP contribution in [-0.2, 0) is 4.79 Å². The summed E-state index contributed by atoms with van der Waals surface area (Å²) in [6.45, 7) is 2.62. The molecule has 2 unspecified atom stereocenters. The minimum Gasteiger partial charge on any atom is -0.492 e. The number of carbonyl (C=O) groups excluding carboxylic acids is 1. The summed E-state index contributed by atoms with van der Waals surface area (Å²) in [6.07, 6.45) is 2.56. The van der Waals surface area contributed by atoms with Crippen LogP contribution in [0.2, 0.25) is 0 Å². The molecule has 0 bridgehead atoms. The van der Waals surface area contributed by atoms with Crippen molar-refractivity contribution in [1.29, 1.82) is 5.41 Å². The zero-order chi connectivity index (χ0) is 17.1. The highest BCUT2D eigenvalue weighted by Gasteiger charge is 2.45. The number of ether oxygens (including phenoxy) is 1. The molecule has 1 amide bonds. The molecule has 24 heavy (non-hydrogen) atoms. The molecular weight excluding hydrogens is 324 g/mol. The number of hydrogen-bond donors (Lipinski definition) is 3. The summed E-state index contributed by atoms with van der Waals surface area (Å²) in [5.74, 6) is 1.21. The number of benzene rings is 1. The normalized spacial score (nSPS) is 31.8. The Balaban J connectivity index is 1.68. The first kappa shape index (κ1) is 15.4. The zero-order valence-corrected chi connectivity index (χ0v) is 14.4. The highest BCUT2D eigenvalue weighted by Crippen LogP contribution is 2.51. The molecule has 4 rings (SSSR count). The molecule has 0 aromatic heterocycles. The molecule has 0 spiro atoms. The minimum atomic E-state index is -0.539. The van der Waals surface area contributed by atoms with Crippen molar-refractivity contribution in [3.63, 3.8) is 0 Å². The largest absolute Gasteiger partial charge is 0.492 e. The number of carbonyl (C=O) groups is 1. The van der Waals surface area contributed by atoms with Crippen LogP contribution < -0.4 is 15.8 Å². The Morgan fingerprint density at radius 1 is 1.50 bits per heavy atom. The van der Waals surface area contributed by atoms with Gasteiger partial charge in [-0.3, -0.25) is 15.1 Å². The van der Waals surface area contributed by atoms with E-state index in [9.17, 15) is 4.79 Å². The summed E-state index contributed by atoms with van der Waals surface area (Å²) in [5.41, 5.74) is 7.24. The molecule has 3 aliphatic rings. The van der Waals surface area contributed by atoms with Crippen molar-refractivity contribution < 1.29 is 9.53 Å². The lowest BCUT2D eigenvalue weighted by molar-refractivity contribution is -0.128. The van der Waals surface area contributed by atoms with E-state index in [1.165, 1.54) is 4.90 Å². The molecule has 3 aliphatic heterocycles. The van der Waals surface area contributed by atoms with Crippen LogP contribution >= 0.6 is 11.8 Å². The van der Waals surface area contributed by atoms with E-state index < -0.39 is 5.54 Å². The number of nitrogens with two attached hydrogens (primary N) is 1. The molecule has 1 saturated heterocycles. The predicted molar refractivity (Wildman–Crippen MR) is 95.2 cm³/mol. The van der Waals surface area contributed by atoms with Crippen LogP contribution in [0.3, 0.4) is 0 Å². The third-order valence-electron chi connectivity index (χ3n) is 4.96. The van der Waals surface area contributed by atoms with Gasteiger partial charge in [0.25, 0.3) is 0 Å². The molecule has 1 aromatic carbocycles. The summed E-state index contributed by atoms with van der Waals surface area (Å²) in [7, 11) is 1.63. The second-order valence-corrected chi connectivity index (χ2v) is 8.04. The standard InChI is InChI=1S/C17H20N4O2S/c1-17(7-15(22)21(2)16(19)20-17)14-6-11-10-5-9(18)3-4-12(10)23-8-13(11)24-14/h3-6,11,13H,7-8,18H2,1-2H3,(H2,19,20)/t11?,13?,17-/m0/s1. The van der Waals surface area contributed by atoms with E-state index >= 15 is 0 Å². The molecule has 1 fully saturated rings. The number of allylic oxidation sites excluding steroid dienone is 1. The fourth-order valence-electron chi connectivity index (χ4n) is 3.50. The summed E-state index contributed by atoms with van der Waals surface area (Å²) in [4.78, 5) is 14.7. The molecule has 0 radical (unpaired) electrons. The van der Waals surface area contributed by atoms with Gasteiger partial charge in [-0.2, -0.15) is 0 Å². The van der Waals surface area contributed by atoms with Gasteiger partial charge in [-0.25, -0.2) is 0 Å². The zero-order valence-electron chi connectivity index (χ0n) is 13.6. The van der Waals surface area contributed by atoms with Gasteiger partial charge in [0, 0.05) is 29.1 Å².